The number of amides is 1. The van der Waals surface area contributed by atoms with Crippen LogP contribution in [0.25, 0.3) is 11.0 Å². The predicted octanol–water partition coefficient (Wildman–Crippen LogP) is 4.61. The van der Waals surface area contributed by atoms with Gasteiger partial charge in [-0.15, -0.1) is 0 Å². The molecule has 1 aromatic carbocycles. The van der Waals surface area contributed by atoms with Gasteiger partial charge in [-0.25, -0.2) is 0 Å². The number of carbonyl (C=O) groups is 1. The molecule has 23 heavy (non-hydrogen) atoms. The molecule has 1 amide bonds. The second-order valence-electron chi connectivity index (χ2n) is 7.26. The van der Waals surface area contributed by atoms with Gasteiger partial charge in [-0.3, -0.25) is 4.79 Å². The lowest BCUT2D eigenvalue weighted by atomic mass is 9.93. The fourth-order valence-corrected chi connectivity index (χ4v) is 4.00. The standard InChI is InChI=1S/C20H25NO2/c1-14-7-10-18-15(13-23-19(18)11-14)12-20(22)21(17-8-9-17)16-5-3-2-4-6-16/h7,10-11,13,16-17H,2-6,8-9,12H2,1H3. The quantitative estimate of drug-likeness (QED) is 0.826. The Hall–Kier alpha value is -1.77. The van der Waals surface area contributed by atoms with E-state index in [2.05, 4.69) is 24.0 Å². The zero-order valence-corrected chi connectivity index (χ0v) is 13.9. The summed E-state index contributed by atoms with van der Waals surface area (Å²) in [7, 11) is 0. The summed E-state index contributed by atoms with van der Waals surface area (Å²) in [5.74, 6) is 0.294. The molecule has 0 spiro atoms. The highest BCUT2D eigenvalue weighted by atomic mass is 16.3. The summed E-state index contributed by atoms with van der Waals surface area (Å²) in [5, 5.41) is 1.09. The summed E-state index contributed by atoms with van der Waals surface area (Å²) in [6.07, 6.45) is 10.9. The number of carbonyl (C=O) groups excluding carboxylic acids is 1. The number of furan rings is 1. The van der Waals surface area contributed by atoms with Crippen molar-refractivity contribution in [3.05, 3.63) is 35.6 Å². The highest BCUT2D eigenvalue weighted by Gasteiger charge is 2.37. The average molecular weight is 311 g/mol. The van der Waals surface area contributed by atoms with Crippen molar-refractivity contribution in [2.24, 2.45) is 0 Å². The molecular formula is C20H25NO2. The smallest absolute Gasteiger partial charge is 0.227 e. The fraction of sp³-hybridized carbons (Fsp3) is 0.550. The van der Waals surface area contributed by atoms with E-state index in [0.29, 0.717) is 24.4 Å². The van der Waals surface area contributed by atoms with E-state index in [1.54, 1.807) is 6.26 Å². The first-order chi connectivity index (χ1) is 11.2. The van der Waals surface area contributed by atoms with Gasteiger partial charge in [0.05, 0.1) is 12.7 Å². The first kappa shape index (κ1) is 14.8. The molecule has 2 aliphatic carbocycles. The van der Waals surface area contributed by atoms with Crippen LogP contribution in [0.3, 0.4) is 0 Å². The molecule has 0 N–H and O–H groups in total. The molecule has 122 valence electrons. The molecule has 1 aromatic heterocycles. The van der Waals surface area contributed by atoms with Crippen LogP contribution >= 0.6 is 0 Å². The van der Waals surface area contributed by atoms with Gasteiger partial charge in [0.15, 0.2) is 0 Å². The van der Waals surface area contributed by atoms with Crippen molar-refractivity contribution in [1.29, 1.82) is 0 Å². The lowest BCUT2D eigenvalue weighted by Gasteiger charge is -2.34. The van der Waals surface area contributed by atoms with Crippen molar-refractivity contribution < 1.29 is 9.21 Å². The maximum Gasteiger partial charge on any atom is 0.227 e. The van der Waals surface area contributed by atoms with Gasteiger partial charge in [0.1, 0.15) is 5.58 Å². The molecule has 4 rings (SSSR count). The molecule has 0 bridgehead atoms. The van der Waals surface area contributed by atoms with Crippen molar-refractivity contribution in [1.82, 2.24) is 4.90 Å². The Morgan fingerprint density at radius 3 is 2.61 bits per heavy atom. The Balaban J connectivity index is 1.54. The van der Waals surface area contributed by atoms with Gasteiger partial charge in [0.25, 0.3) is 0 Å². The third kappa shape index (κ3) is 3.01. The average Bonchev–Trinajstić information content (AvgIpc) is 3.31. The summed E-state index contributed by atoms with van der Waals surface area (Å²) in [5.41, 5.74) is 3.11. The van der Waals surface area contributed by atoms with Crippen molar-refractivity contribution in [2.75, 3.05) is 0 Å². The van der Waals surface area contributed by atoms with E-state index in [0.717, 1.165) is 16.5 Å². The minimum Gasteiger partial charge on any atom is -0.464 e. The van der Waals surface area contributed by atoms with Crippen LogP contribution < -0.4 is 0 Å². The van der Waals surface area contributed by atoms with Gasteiger partial charge in [-0.2, -0.15) is 0 Å². The largest absolute Gasteiger partial charge is 0.464 e. The van der Waals surface area contributed by atoms with E-state index in [1.807, 2.05) is 6.07 Å². The van der Waals surface area contributed by atoms with E-state index >= 15 is 0 Å². The van der Waals surface area contributed by atoms with Gasteiger partial charge in [0, 0.05) is 23.0 Å². The summed E-state index contributed by atoms with van der Waals surface area (Å²) in [6, 6.07) is 7.20. The molecule has 3 nitrogen and oxygen atoms in total. The zero-order valence-electron chi connectivity index (χ0n) is 13.9. The van der Waals surface area contributed by atoms with Crippen LogP contribution in [0.4, 0.5) is 0 Å². The van der Waals surface area contributed by atoms with Crippen LogP contribution in [0, 0.1) is 6.92 Å². The minimum absolute atomic E-state index is 0.294. The van der Waals surface area contributed by atoms with Crippen molar-refractivity contribution in [3.8, 4) is 0 Å². The molecule has 2 saturated carbocycles. The first-order valence-electron chi connectivity index (χ1n) is 9.00. The molecule has 2 aromatic rings. The van der Waals surface area contributed by atoms with E-state index < -0.39 is 0 Å². The molecule has 3 heteroatoms. The summed E-state index contributed by atoms with van der Waals surface area (Å²) < 4.78 is 5.66. The van der Waals surface area contributed by atoms with E-state index in [9.17, 15) is 4.79 Å². The minimum atomic E-state index is 0.294. The Labute approximate surface area is 137 Å². The molecule has 0 unspecified atom stereocenters. The molecule has 0 radical (unpaired) electrons. The van der Waals surface area contributed by atoms with Crippen molar-refractivity contribution in [2.45, 2.75) is 70.4 Å². The van der Waals surface area contributed by atoms with Crippen LogP contribution in [0.1, 0.15) is 56.1 Å². The van der Waals surface area contributed by atoms with E-state index in [4.69, 9.17) is 4.42 Å². The van der Waals surface area contributed by atoms with Crippen LogP contribution in [0.2, 0.25) is 0 Å². The zero-order chi connectivity index (χ0) is 15.8. The third-order valence-electron chi connectivity index (χ3n) is 5.35. The van der Waals surface area contributed by atoms with Gasteiger partial charge in [-0.1, -0.05) is 31.4 Å². The Kier molecular flexibility index (Phi) is 3.88. The second kappa shape index (κ2) is 6.03. The fourth-order valence-electron chi connectivity index (χ4n) is 4.00. The lowest BCUT2D eigenvalue weighted by Crippen LogP contribution is -2.43. The van der Waals surface area contributed by atoms with Crippen LogP contribution in [0.5, 0.6) is 0 Å². The first-order valence-corrected chi connectivity index (χ1v) is 9.00. The van der Waals surface area contributed by atoms with Crippen LogP contribution in [-0.4, -0.2) is 22.9 Å². The Morgan fingerprint density at radius 2 is 1.87 bits per heavy atom. The molecular weight excluding hydrogens is 286 g/mol. The van der Waals surface area contributed by atoms with E-state index in [1.165, 1.54) is 50.5 Å². The molecule has 0 saturated heterocycles. The number of nitrogens with zero attached hydrogens (tertiary/aromatic N) is 1. The molecule has 0 atom stereocenters. The number of hydrogen-bond donors (Lipinski definition) is 0. The van der Waals surface area contributed by atoms with Gasteiger partial charge in [-0.05, 0) is 44.2 Å². The highest BCUT2D eigenvalue weighted by molar-refractivity contribution is 5.88. The summed E-state index contributed by atoms with van der Waals surface area (Å²) >= 11 is 0. The van der Waals surface area contributed by atoms with Gasteiger partial charge >= 0.3 is 0 Å². The van der Waals surface area contributed by atoms with Crippen LogP contribution in [-0.2, 0) is 11.2 Å². The number of rotatable bonds is 4. The second-order valence-corrected chi connectivity index (χ2v) is 7.26. The SMILES string of the molecule is Cc1ccc2c(CC(=O)N(C3CCCCC3)C3CC3)coc2c1. The third-order valence-corrected chi connectivity index (χ3v) is 5.35. The number of aryl methyl sites for hydroxylation is 1. The van der Waals surface area contributed by atoms with Crippen molar-refractivity contribution in [3.63, 3.8) is 0 Å². The molecule has 1 heterocycles. The molecule has 2 fully saturated rings. The maximum atomic E-state index is 13.0. The van der Waals surface area contributed by atoms with Gasteiger partial charge in [0.2, 0.25) is 5.91 Å². The summed E-state index contributed by atoms with van der Waals surface area (Å²) in [4.78, 5) is 15.2. The lowest BCUT2D eigenvalue weighted by molar-refractivity contribution is -0.134. The molecule has 2 aliphatic rings. The van der Waals surface area contributed by atoms with Crippen molar-refractivity contribution >= 4 is 16.9 Å². The number of fused-ring (bicyclic) bond motifs is 1. The van der Waals surface area contributed by atoms with Crippen LogP contribution in [0.15, 0.2) is 28.9 Å². The summed E-state index contributed by atoms with van der Waals surface area (Å²) in [6.45, 7) is 2.06. The Bertz CT molecular complexity index is 708. The number of benzene rings is 1. The topological polar surface area (TPSA) is 33.5 Å². The monoisotopic (exact) mass is 311 g/mol. The Morgan fingerprint density at radius 1 is 1.13 bits per heavy atom. The molecule has 0 aliphatic heterocycles. The number of hydrogen-bond acceptors (Lipinski definition) is 2. The highest BCUT2D eigenvalue weighted by Crippen LogP contribution is 2.34. The van der Waals surface area contributed by atoms with E-state index in [-0.39, 0.29) is 0 Å². The predicted molar refractivity (Wildman–Crippen MR) is 91.4 cm³/mol. The maximum absolute atomic E-state index is 13.0. The normalized spacial score (nSPS) is 19.2. The van der Waals surface area contributed by atoms with Gasteiger partial charge < -0.3 is 9.32 Å².